The highest BCUT2D eigenvalue weighted by atomic mass is 19.2. The summed E-state index contributed by atoms with van der Waals surface area (Å²) in [5, 5.41) is 14.7. The lowest BCUT2D eigenvalue weighted by Crippen LogP contribution is -2.43. The number of phenolic OH excluding ortho intramolecular Hbond substituents is 1. The lowest BCUT2D eigenvalue weighted by molar-refractivity contribution is 0.107. The first kappa shape index (κ1) is 29.2. The highest BCUT2D eigenvalue weighted by molar-refractivity contribution is 6.00. The van der Waals surface area contributed by atoms with Gasteiger partial charge < -0.3 is 24.6 Å². The number of anilines is 1. The van der Waals surface area contributed by atoms with E-state index in [0.717, 1.165) is 36.4 Å². The quantitative estimate of drug-likeness (QED) is 0.188. The van der Waals surface area contributed by atoms with E-state index < -0.39 is 29.0 Å². The molecule has 0 bridgehead atoms. The molecule has 0 radical (unpaired) electrons. The molecule has 2 aliphatic rings. The molecule has 6 heterocycles. The Labute approximate surface area is 265 Å². The highest BCUT2D eigenvalue weighted by Crippen LogP contribution is 2.41. The third-order valence-electron chi connectivity index (χ3n) is 9.43. The van der Waals surface area contributed by atoms with Crippen LogP contribution in [-0.2, 0) is 6.54 Å². The summed E-state index contributed by atoms with van der Waals surface area (Å²) in [5.41, 5.74) is 0.715. The molecule has 10 nitrogen and oxygen atoms in total. The Morgan fingerprint density at radius 2 is 2.09 bits per heavy atom. The van der Waals surface area contributed by atoms with Crippen LogP contribution in [0.1, 0.15) is 30.4 Å². The van der Waals surface area contributed by atoms with Gasteiger partial charge in [-0.2, -0.15) is 9.97 Å². The molecule has 3 N–H and O–H groups in total. The number of benzene rings is 2. The van der Waals surface area contributed by atoms with Crippen LogP contribution < -0.4 is 15.7 Å². The molecule has 240 valence electrons. The van der Waals surface area contributed by atoms with E-state index in [9.17, 15) is 18.7 Å². The van der Waals surface area contributed by atoms with Crippen molar-refractivity contribution < 1.29 is 27.4 Å². The Morgan fingerprint density at radius 3 is 2.96 bits per heavy atom. The van der Waals surface area contributed by atoms with Crippen LogP contribution in [0.2, 0.25) is 0 Å². The zero-order valence-corrected chi connectivity index (χ0v) is 25.2. The fourth-order valence-electron chi connectivity index (χ4n) is 7.23. The second-order valence-electron chi connectivity index (χ2n) is 12.3. The largest absolute Gasteiger partial charge is 0.508 e. The molecule has 8 rings (SSSR count). The molecule has 6 aromatic rings. The van der Waals surface area contributed by atoms with Gasteiger partial charge in [-0.05, 0) is 67.6 Å². The molecule has 0 saturated carbocycles. The first-order valence-corrected chi connectivity index (χ1v) is 15.3. The van der Waals surface area contributed by atoms with E-state index in [1.165, 1.54) is 18.2 Å². The van der Waals surface area contributed by atoms with Crippen molar-refractivity contribution in [2.24, 2.45) is 0 Å². The van der Waals surface area contributed by atoms with Crippen molar-refractivity contribution in [1.29, 1.82) is 0 Å². The maximum Gasteiger partial charge on any atom is 0.349 e. The van der Waals surface area contributed by atoms with Crippen LogP contribution in [0.5, 0.6) is 11.8 Å². The molecular formula is C34H29F3N6O4. The number of pyridine rings is 1. The molecule has 0 amide bonds. The fraction of sp³-hybridized carbons (Fsp3) is 0.294. The first-order valence-electron chi connectivity index (χ1n) is 15.3. The van der Waals surface area contributed by atoms with Gasteiger partial charge in [-0.1, -0.05) is 6.07 Å². The van der Waals surface area contributed by atoms with Crippen molar-refractivity contribution in [3.05, 3.63) is 82.0 Å². The summed E-state index contributed by atoms with van der Waals surface area (Å²) in [5.74, 6) is -2.43. The van der Waals surface area contributed by atoms with Crippen molar-refractivity contribution in [2.45, 2.75) is 44.4 Å². The topological polar surface area (TPSA) is 129 Å². The number of phenols is 1. The van der Waals surface area contributed by atoms with Crippen LogP contribution in [0.25, 0.3) is 44.0 Å². The van der Waals surface area contributed by atoms with E-state index in [0.29, 0.717) is 24.2 Å². The molecule has 0 unspecified atom stereocenters. The third-order valence-corrected chi connectivity index (χ3v) is 9.43. The number of ether oxygens (including phenoxy) is 1. The number of aromatic hydroxyl groups is 1. The van der Waals surface area contributed by atoms with E-state index in [-0.39, 0.29) is 63.7 Å². The zero-order chi connectivity index (χ0) is 32.4. The summed E-state index contributed by atoms with van der Waals surface area (Å²) >= 11 is 0. The van der Waals surface area contributed by atoms with Crippen molar-refractivity contribution in [3.63, 3.8) is 0 Å². The van der Waals surface area contributed by atoms with Crippen molar-refractivity contribution in [1.82, 2.24) is 24.8 Å². The van der Waals surface area contributed by atoms with Gasteiger partial charge in [0.2, 0.25) is 0 Å². The third kappa shape index (κ3) is 4.84. The Balaban J connectivity index is 1.27. The zero-order valence-electron chi connectivity index (χ0n) is 25.2. The molecule has 2 aliphatic heterocycles. The van der Waals surface area contributed by atoms with Gasteiger partial charge in [0.25, 0.3) is 0 Å². The molecule has 0 spiro atoms. The summed E-state index contributed by atoms with van der Waals surface area (Å²) in [4.78, 5) is 32.5. The van der Waals surface area contributed by atoms with Gasteiger partial charge in [-0.25, -0.2) is 22.9 Å². The summed E-state index contributed by atoms with van der Waals surface area (Å²) in [6, 6.07) is 8.50. The van der Waals surface area contributed by atoms with E-state index in [4.69, 9.17) is 9.15 Å². The fourth-order valence-corrected chi connectivity index (χ4v) is 7.23. The van der Waals surface area contributed by atoms with Gasteiger partial charge in [0.15, 0.2) is 11.6 Å². The number of aryl methyl sites for hydroxylation is 1. The van der Waals surface area contributed by atoms with Gasteiger partial charge in [0, 0.05) is 53.8 Å². The molecule has 47 heavy (non-hydrogen) atoms. The lowest BCUT2D eigenvalue weighted by atomic mass is 9.95. The SMILES string of the molecule is Cc1c(-c2cc(O)cc3ccc(F)c(F)c23)oc(=O)c2c(NCc3c[nH]c4ncccc34)nc(OC[C@@]34CCCN3C[C@H](F)C4)nc12. The Bertz CT molecular complexity index is 2270. The predicted octanol–water partition coefficient (Wildman–Crippen LogP) is 6.14. The second-order valence-corrected chi connectivity index (χ2v) is 12.3. The number of hydrogen-bond acceptors (Lipinski definition) is 9. The maximum atomic E-state index is 15.2. The van der Waals surface area contributed by atoms with Gasteiger partial charge in [-0.15, -0.1) is 0 Å². The average Bonchev–Trinajstić information content (AvgIpc) is 3.74. The van der Waals surface area contributed by atoms with Gasteiger partial charge in [-0.3, -0.25) is 4.90 Å². The molecule has 2 saturated heterocycles. The van der Waals surface area contributed by atoms with Crippen LogP contribution >= 0.6 is 0 Å². The molecule has 2 atom stereocenters. The summed E-state index contributed by atoms with van der Waals surface area (Å²) in [7, 11) is 0. The maximum absolute atomic E-state index is 15.2. The first-order chi connectivity index (χ1) is 22.7. The van der Waals surface area contributed by atoms with Crippen molar-refractivity contribution >= 4 is 38.5 Å². The van der Waals surface area contributed by atoms with Crippen LogP contribution in [0.3, 0.4) is 0 Å². The summed E-state index contributed by atoms with van der Waals surface area (Å²) in [6.07, 6.45) is 4.59. The van der Waals surface area contributed by atoms with Gasteiger partial charge >= 0.3 is 11.6 Å². The number of hydrogen-bond donors (Lipinski definition) is 3. The predicted molar refractivity (Wildman–Crippen MR) is 169 cm³/mol. The molecule has 2 aromatic carbocycles. The van der Waals surface area contributed by atoms with Crippen LogP contribution in [0.4, 0.5) is 19.0 Å². The number of halogens is 3. The number of fused-ring (bicyclic) bond motifs is 4. The summed E-state index contributed by atoms with van der Waals surface area (Å²) in [6.45, 7) is 3.17. The minimum atomic E-state index is -1.15. The van der Waals surface area contributed by atoms with Crippen LogP contribution in [-0.4, -0.2) is 61.3 Å². The van der Waals surface area contributed by atoms with E-state index in [2.05, 4.69) is 30.2 Å². The second kappa shape index (κ2) is 11.0. The Hall–Kier alpha value is -5.17. The molecule has 4 aromatic heterocycles. The number of alkyl halides is 1. The molecule has 2 fully saturated rings. The van der Waals surface area contributed by atoms with E-state index in [1.54, 1.807) is 19.3 Å². The Kier molecular flexibility index (Phi) is 6.83. The number of H-pyrrole nitrogens is 1. The monoisotopic (exact) mass is 642 g/mol. The van der Waals surface area contributed by atoms with E-state index >= 15 is 4.39 Å². The highest BCUT2D eigenvalue weighted by Gasteiger charge is 2.49. The van der Waals surface area contributed by atoms with Gasteiger partial charge in [0.1, 0.15) is 41.1 Å². The minimum absolute atomic E-state index is 0.0178. The van der Waals surface area contributed by atoms with Crippen molar-refractivity contribution in [3.8, 4) is 23.1 Å². The van der Waals surface area contributed by atoms with Crippen LogP contribution in [0, 0.1) is 18.6 Å². The number of nitrogens with zero attached hydrogens (tertiary/aromatic N) is 4. The van der Waals surface area contributed by atoms with Gasteiger partial charge in [0.05, 0.1) is 11.1 Å². The van der Waals surface area contributed by atoms with Crippen LogP contribution in [0.15, 0.2) is 58.0 Å². The number of nitrogens with one attached hydrogen (secondary N) is 2. The number of rotatable bonds is 7. The number of aromatic nitrogens is 4. The molecular weight excluding hydrogens is 613 g/mol. The average molecular weight is 643 g/mol. The number of aromatic amines is 1. The summed E-state index contributed by atoms with van der Waals surface area (Å²) < 4.78 is 56.1. The minimum Gasteiger partial charge on any atom is -0.508 e. The smallest absolute Gasteiger partial charge is 0.349 e. The lowest BCUT2D eigenvalue weighted by Gasteiger charge is -2.30. The normalized spacial score (nSPS) is 19.6. The van der Waals surface area contributed by atoms with Crippen molar-refractivity contribution in [2.75, 3.05) is 25.0 Å². The molecule has 0 aliphatic carbocycles. The Morgan fingerprint density at radius 1 is 1.21 bits per heavy atom. The standard InChI is InChI=1S/C34H29F3N6O4/c1-17-28-26(32(45)47-29(17)23-11-21(44)10-18-5-6-24(36)27(37)25(18)23)31(40-14-19-13-39-30-22(19)4-2-8-38-30)42-33(41-28)46-16-34-7-3-9-43(34)15-20(35)12-34/h2,4-6,8,10-11,13,20,44H,3,7,9,12,14-16H2,1H3,(H,38,39)(H,40,41,42)/t20-,34+/m1/s1. The molecule has 13 heteroatoms. The van der Waals surface area contributed by atoms with E-state index in [1.807, 2.05) is 12.1 Å².